The van der Waals surface area contributed by atoms with Crippen LogP contribution in [0.25, 0.3) is 5.57 Å². The van der Waals surface area contributed by atoms with Gasteiger partial charge in [-0.25, -0.2) is 0 Å². The molecule has 1 aliphatic carbocycles. The monoisotopic (exact) mass is 360 g/mol. The predicted molar refractivity (Wildman–Crippen MR) is 118 cm³/mol. The minimum Gasteiger partial charge on any atom is -0.382 e. The molecule has 0 radical (unpaired) electrons. The lowest BCUT2D eigenvalue weighted by atomic mass is 9.92. The van der Waals surface area contributed by atoms with Crippen LogP contribution in [-0.4, -0.2) is 24.0 Å². The van der Waals surface area contributed by atoms with Crippen LogP contribution in [0.3, 0.4) is 0 Å². The van der Waals surface area contributed by atoms with Gasteiger partial charge in [-0.15, -0.1) is 6.42 Å². The zero-order valence-electron chi connectivity index (χ0n) is 17.3. The van der Waals surface area contributed by atoms with E-state index in [1.807, 2.05) is 0 Å². The van der Waals surface area contributed by atoms with Crippen molar-refractivity contribution in [1.29, 1.82) is 0 Å². The molecule has 1 heterocycles. The lowest BCUT2D eigenvalue weighted by Gasteiger charge is -2.37. The summed E-state index contributed by atoms with van der Waals surface area (Å²) >= 11 is 0. The molecule has 142 valence electrons. The van der Waals surface area contributed by atoms with Crippen molar-refractivity contribution < 1.29 is 0 Å². The second-order valence-electron chi connectivity index (χ2n) is 8.00. The topological polar surface area (TPSA) is 15.3 Å². The number of hydrogen-bond acceptors (Lipinski definition) is 2. The van der Waals surface area contributed by atoms with E-state index in [4.69, 9.17) is 6.42 Å². The van der Waals surface area contributed by atoms with Crippen LogP contribution in [0.2, 0.25) is 0 Å². The number of nitrogens with zero attached hydrogens (tertiary/aromatic N) is 1. The SMILES string of the molecule is C#CC1=CCCC=C1N1CCC(Nc2c(C)cc(C)c(C(=C)C)c2C)CC1. The highest BCUT2D eigenvalue weighted by Crippen LogP contribution is 2.33. The minimum atomic E-state index is 0.502. The summed E-state index contributed by atoms with van der Waals surface area (Å²) in [6, 6.07) is 2.78. The average Bonchev–Trinajstić information content (AvgIpc) is 2.65. The van der Waals surface area contributed by atoms with E-state index < -0.39 is 0 Å². The van der Waals surface area contributed by atoms with Gasteiger partial charge in [-0.05, 0) is 75.6 Å². The quantitative estimate of drug-likeness (QED) is 0.687. The van der Waals surface area contributed by atoms with Crippen LogP contribution < -0.4 is 5.32 Å². The summed E-state index contributed by atoms with van der Waals surface area (Å²) in [5.74, 6) is 2.87. The Hall–Kier alpha value is -2.40. The Labute approximate surface area is 165 Å². The standard InChI is InChI=1S/C25H32N2/c1-7-21-10-8-9-11-23(21)27-14-12-22(13-15-27)26-25-19(5)16-18(4)24(17(2)3)20(25)6/h1,10-11,16,22,26H,2,8-9,12-15H2,3-6H3. The molecule has 2 heteroatoms. The second-order valence-corrected chi connectivity index (χ2v) is 8.00. The van der Waals surface area contributed by atoms with E-state index in [-0.39, 0.29) is 0 Å². The molecule has 1 aliphatic heterocycles. The predicted octanol–water partition coefficient (Wildman–Crippen LogP) is 5.76. The Kier molecular flexibility index (Phi) is 5.80. The molecular formula is C25H32N2. The molecule has 2 aliphatic rings. The van der Waals surface area contributed by atoms with Crippen molar-refractivity contribution >= 4 is 11.3 Å². The molecule has 0 aromatic heterocycles. The summed E-state index contributed by atoms with van der Waals surface area (Å²) in [6.07, 6.45) is 14.7. The first-order valence-corrected chi connectivity index (χ1v) is 10.1. The van der Waals surface area contributed by atoms with Gasteiger partial charge in [0.2, 0.25) is 0 Å². The van der Waals surface area contributed by atoms with Gasteiger partial charge in [-0.3, -0.25) is 0 Å². The normalized spacial score (nSPS) is 17.8. The molecule has 2 nitrogen and oxygen atoms in total. The first kappa shape index (κ1) is 19.4. The van der Waals surface area contributed by atoms with Gasteiger partial charge >= 0.3 is 0 Å². The summed E-state index contributed by atoms with van der Waals surface area (Å²) in [6.45, 7) is 15.0. The van der Waals surface area contributed by atoms with Crippen molar-refractivity contribution in [2.75, 3.05) is 18.4 Å². The van der Waals surface area contributed by atoms with E-state index in [9.17, 15) is 0 Å². The van der Waals surface area contributed by atoms with Gasteiger partial charge in [0.25, 0.3) is 0 Å². The summed E-state index contributed by atoms with van der Waals surface area (Å²) in [4.78, 5) is 2.47. The number of piperidine rings is 1. The zero-order valence-corrected chi connectivity index (χ0v) is 17.3. The third-order valence-electron chi connectivity index (χ3n) is 5.87. The van der Waals surface area contributed by atoms with Crippen molar-refractivity contribution in [3.8, 4) is 12.3 Å². The molecule has 0 unspecified atom stereocenters. The Morgan fingerprint density at radius 3 is 2.44 bits per heavy atom. The highest BCUT2D eigenvalue weighted by molar-refractivity contribution is 5.75. The van der Waals surface area contributed by atoms with Crippen molar-refractivity contribution in [1.82, 2.24) is 4.90 Å². The van der Waals surface area contributed by atoms with E-state index in [0.29, 0.717) is 6.04 Å². The first-order valence-electron chi connectivity index (χ1n) is 10.1. The van der Waals surface area contributed by atoms with E-state index in [0.717, 1.165) is 49.9 Å². The van der Waals surface area contributed by atoms with E-state index in [1.165, 1.54) is 33.6 Å². The minimum absolute atomic E-state index is 0.502. The number of hydrogen-bond donors (Lipinski definition) is 1. The Morgan fingerprint density at radius 2 is 1.81 bits per heavy atom. The number of nitrogens with one attached hydrogen (secondary N) is 1. The molecule has 1 aromatic carbocycles. The number of terminal acetylenes is 1. The molecule has 27 heavy (non-hydrogen) atoms. The molecule has 0 bridgehead atoms. The zero-order chi connectivity index (χ0) is 19.6. The molecule has 1 aromatic rings. The molecule has 1 saturated heterocycles. The number of allylic oxidation sites excluding steroid dienone is 4. The van der Waals surface area contributed by atoms with Crippen LogP contribution in [0.4, 0.5) is 5.69 Å². The largest absolute Gasteiger partial charge is 0.382 e. The highest BCUT2D eigenvalue weighted by atomic mass is 15.2. The van der Waals surface area contributed by atoms with Crippen molar-refractivity contribution in [2.24, 2.45) is 0 Å². The molecule has 3 rings (SSSR count). The van der Waals surface area contributed by atoms with Crippen LogP contribution in [0, 0.1) is 33.1 Å². The van der Waals surface area contributed by atoms with E-state index in [2.05, 4.69) is 68.6 Å². The van der Waals surface area contributed by atoms with Crippen LogP contribution >= 0.6 is 0 Å². The van der Waals surface area contributed by atoms with Crippen LogP contribution in [0.1, 0.15) is 54.9 Å². The maximum atomic E-state index is 5.71. The summed E-state index contributed by atoms with van der Waals surface area (Å²) in [5.41, 5.74) is 10.0. The first-order chi connectivity index (χ1) is 12.9. The van der Waals surface area contributed by atoms with Gasteiger partial charge in [-0.2, -0.15) is 0 Å². The Morgan fingerprint density at radius 1 is 1.15 bits per heavy atom. The smallest absolute Gasteiger partial charge is 0.0481 e. The average molecular weight is 361 g/mol. The van der Waals surface area contributed by atoms with Gasteiger partial charge in [-0.1, -0.05) is 36.3 Å². The number of anilines is 1. The Balaban J connectivity index is 1.71. The van der Waals surface area contributed by atoms with Crippen molar-refractivity contribution in [3.05, 3.63) is 58.3 Å². The number of likely N-dealkylation sites (tertiary alicyclic amines) is 1. The summed E-state index contributed by atoms with van der Waals surface area (Å²) in [7, 11) is 0. The second kappa shape index (κ2) is 8.09. The summed E-state index contributed by atoms with van der Waals surface area (Å²) in [5, 5.41) is 3.85. The molecule has 0 saturated carbocycles. The van der Waals surface area contributed by atoms with Crippen LogP contribution in [0.5, 0.6) is 0 Å². The van der Waals surface area contributed by atoms with Gasteiger partial charge in [0, 0.05) is 36.1 Å². The molecule has 0 amide bonds. The molecule has 1 fully saturated rings. The Bertz CT molecular complexity index is 840. The fourth-order valence-corrected chi connectivity index (χ4v) is 4.63. The van der Waals surface area contributed by atoms with Gasteiger partial charge < -0.3 is 10.2 Å². The highest BCUT2D eigenvalue weighted by Gasteiger charge is 2.24. The maximum Gasteiger partial charge on any atom is 0.0481 e. The van der Waals surface area contributed by atoms with E-state index >= 15 is 0 Å². The molecular weight excluding hydrogens is 328 g/mol. The number of aryl methyl sites for hydroxylation is 2. The van der Waals surface area contributed by atoms with E-state index in [1.54, 1.807) is 0 Å². The molecule has 1 N–H and O–H groups in total. The van der Waals surface area contributed by atoms with Crippen molar-refractivity contribution in [3.63, 3.8) is 0 Å². The van der Waals surface area contributed by atoms with Crippen LogP contribution in [-0.2, 0) is 0 Å². The number of rotatable bonds is 4. The van der Waals surface area contributed by atoms with Crippen molar-refractivity contribution in [2.45, 2.75) is 59.4 Å². The lowest BCUT2D eigenvalue weighted by Crippen LogP contribution is -2.39. The molecule has 0 atom stereocenters. The van der Waals surface area contributed by atoms with Crippen LogP contribution in [0.15, 0.2) is 36.1 Å². The fraction of sp³-hybridized carbons (Fsp3) is 0.440. The third kappa shape index (κ3) is 3.98. The third-order valence-corrected chi connectivity index (χ3v) is 5.87. The van der Waals surface area contributed by atoms with Gasteiger partial charge in [0.05, 0.1) is 0 Å². The summed E-state index contributed by atoms with van der Waals surface area (Å²) < 4.78 is 0. The van der Waals surface area contributed by atoms with Gasteiger partial charge in [0.1, 0.15) is 0 Å². The number of benzene rings is 1. The maximum absolute atomic E-state index is 5.71. The fourth-order valence-electron chi connectivity index (χ4n) is 4.63. The van der Waals surface area contributed by atoms with Gasteiger partial charge in [0.15, 0.2) is 0 Å². The lowest BCUT2D eigenvalue weighted by molar-refractivity contribution is 0.275. The molecule has 0 spiro atoms.